The number of hydrogen-bond acceptors (Lipinski definition) is 3. The highest BCUT2D eigenvalue weighted by atomic mass is 19.1. The smallest absolute Gasteiger partial charge is 0.150 e. The normalized spacial score (nSPS) is 15.6. The van der Waals surface area contributed by atoms with Crippen molar-refractivity contribution in [2.45, 2.75) is 19.3 Å². The van der Waals surface area contributed by atoms with E-state index in [1.165, 1.54) is 6.20 Å². The molecule has 0 atom stereocenters. The number of halogens is 1. The minimum Gasteiger partial charge on any atom is -0.343 e. The van der Waals surface area contributed by atoms with Crippen molar-refractivity contribution in [3.63, 3.8) is 0 Å². The molecular formula is C14H16FN3O. The molecule has 2 aromatic rings. The monoisotopic (exact) mass is 261 g/mol. The van der Waals surface area contributed by atoms with Gasteiger partial charge in [0.05, 0.1) is 5.39 Å². The van der Waals surface area contributed by atoms with Crippen molar-refractivity contribution in [1.82, 2.24) is 15.3 Å². The Hall–Kier alpha value is -1.75. The van der Waals surface area contributed by atoms with Crippen LogP contribution in [0.2, 0.25) is 0 Å². The quantitative estimate of drug-likeness (QED) is 0.863. The van der Waals surface area contributed by atoms with Gasteiger partial charge in [-0.15, -0.1) is 0 Å². The number of hydrogen-bond donors (Lipinski definition) is 2. The van der Waals surface area contributed by atoms with E-state index in [1.54, 1.807) is 12.3 Å². The van der Waals surface area contributed by atoms with Gasteiger partial charge in [0.25, 0.3) is 0 Å². The van der Waals surface area contributed by atoms with Crippen LogP contribution >= 0.6 is 0 Å². The summed E-state index contributed by atoms with van der Waals surface area (Å²) in [5.41, 5.74) is 1.40. The number of rotatable bonds is 5. The number of carbonyl (C=O) groups is 1. The van der Waals surface area contributed by atoms with E-state index in [0.717, 1.165) is 18.7 Å². The number of aromatic nitrogens is 2. The predicted octanol–water partition coefficient (Wildman–Crippen LogP) is 1.81. The molecule has 0 bridgehead atoms. The van der Waals surface area contributed by atoms with Crippen molar-refractivity contribution >= 4 is 16.8 Å². The first-order chi connectivity index (χ1) is 9.24. The van der Waals surface area contributed by atoms with Crippen molar-refractivity contribution in [1.29, 1.82) is 0 Å². The maximum Gasteiger partial charge on any atom is 0.150 e. The minimum absolute atomic E-state index is 0.257. The first-order valence-electron chi connectivity index (χ1n) is 6.57. The van der Waals surface area contributed by atoms with Gasteiger partial charge in [0.2, 0.25) is 0 Å². The lowest BCUT2D eigenvalue weighted by Gasteiger charge is -2.26. The van der Waals surface area contributed by atoms with Crippen LogP contribution in [0.15, 0.2) is 18.5 Å². The Morgan fingerprint density at radius 2 is 2.32 bits per heavy atom. The van der Waals surface area contributed by atoms with Crippen molar-refractivity contribution in [3.8, 4) is 0 Å². The molecule has 0 unspecified atom stereocenters. The lowest BCUT2D eigenvalue weighted by atomic mass is 9.94. The molecule has 0 aliphatic carbocycles. The molecule has 2 N–H and O–H groups in total. The first-order valence-corrected chi connectivity index (χ1v) is 6.57. The average molecular weight is 261 g/mol. The maximum atomic E-state index is 13.6. The molecule has 0 amide bonds. The lowest BCUT2D eigenvalue weighted by molar-refractivity contribution is -0.120. The minimum atomic E-state index is -0.297. The van der Waals surface area contributed by atoms with Gasteiger partial charge in [0.1, 0.15) is 17.2 Å². The lowest BCUT2D eigenvalue weighted by Crippen LogP contribution is -2.42. The molecule has 2 aromatic heterocycles. The van der Waals surface area contributed by atoms with E-state index in [2.05, 4.69) is 15.3 Å². The number of nitrogens with one attached hydrogen (secondary N) is 2. The van der Waals surface area contributed by atoms with Crippen LogP contribution in [-0.2, 0) is 11.2 Å². The average Bonchev–Trinajstić information content (AvgIpc) is 2.74. The molecule has 0 aromatic carbocycles. The summed E-state index contributed by atoms with van der Waals surface area (Å²) in [5.74, 6) is 0.454. The number of aromatic amines is 1. The molecule has 3 rings (SSSR count). The highest BCUT2D eigenvalue weighted by molar-refractivity contribution is 5.82. The zero-order valence-electron chi connectivity index (χ0n) is 10.6. The summed E-state index contributed by atoms with van der Waals surface area (Å²) in [6.07, 6.45) is 4.64. The SMILES string of the molecule is O=C(CCc1ccnc2[nH]cc(F)c12)CC1CNC1. The summed E-state index contributed by atoms with van der Waals surface area (Å²) >= 11 is 0. The Morgan fingerprint density at radius 1 is 1.47 bits per heavy atom. The van der Waals surface area contributed by atoms with E-state index >= 15 is 0 Å². The number of H-pyrrole nitrogens is 1. The topological polar surface area (TPSA) is 57.8 Å². The fourth-order valence-electron chi connectivity index (χ4n) is 2.48. The third-order valence-corrected chi connectivity index (χ3v) is 3.67. The second kappa shape index (κ2) is 5.09. The van der Waals surface area contributed by atoms with Gasteiger partial charge in [-0.2, -0.15) is 0 Å². The van der Waals surface area contributed by atoms with Crippen LogP contribution in [-0.4, -0.2) is 28.8 Å². The molecule has 3 heterocycles. The Bertz CT molecular complexity index is 604. The molecule has 0 radical (unpaired) electrons. The van der Waals surface area contributed by atoms with E-state index in [9.17, 15) is 9.18 Å². The molecule has 1 saturated heterocycles. The Kier molecular flexibility index (Phi) is 3.29. The fourth-order valence-corrected chi connectivity index (χ4v) is 2.48. The second-order valence-corrected chi connectivity index (χ2v) is 5.10. The molecule has 1 fully saturated rings. The zero-order chi connectivity index (χ0) is 13.2. The third-order valence-electron chi connectivity index (χ3n) is 3.67. The number of nitrogens with zero attached hydrogens (tertiary/aromatic N) is 1. The van der Waals surface area contributed by atoms with E-state index < -0.39 is 0 Å². The largest absolute Gasteiger partial charge is 0.343 e. The van der Waals surface area contributed by atoms with Crippen LogP contribution in [0.4, 0.5) is 4.39 Å². The van der Waals surface area contributed by atoms with Crippen LogP contribution < -0.4 is 5.32 Å². The van der Waals surface area contributed by atoms with Crippen LogP contribution in [0.1, 0.15) is 18.4 Å². The van der Waals surface area contributed by atoms with Crippen LogP contribution in [0, 0.1) is 11.7 Å². The molecule has 5 heteroatoms. The standard InChI is InChI=1S/C14H16FN3O/c15-12-8-18-14-13(12)10(3-4-17-14)1-2-11(19)5-9-6-16-7-9/h3-4,8-9,16H,1-2,5-7H2,(H,17,18). The maximum absolute atomic E-state index is 13.6. The molecule has 19 heavy (non-hydrogen) atoms. The van der Waals surface area contributed by atoms with Gasteiger partial charge < -0.3 is 10.3 Å². The van der Waals surface area contributed by atoms with Crippen molar-refractivity contribution < 1.29 is 9.18 Å². The zero-order valence-corrected chi connectivity index (χ0v) is 10.6. The molecule has 0 saturated carbocycles. The molecular weight excluding hydrogens is 245 g/mol. The molecule has 4 nitrogen and oxygen atoms in total. The number of carbonyl (C=O) groups excluding carboxylic acids is 1. The van der Waals surface area contributed by atoms with Gasteiger partial charge in [-0.1, -0.05) is 0 Å². The number of aryl methyl sites for hydroxylation is 1. The van der Waals surface area contributed by atoms with Crippen LogP contribution in [0.3, 0.4) is 0 Å². The fraction of sp³-hybridized carbons (Fsp3) is 0.429. The van der Waals surface area contributed by atoms with E-state index in [4.69, 9.17) is 0 Å². The van der Waals surface area contributed by atoms with Gasteiger partial charge in [0.15, 0.2) is 0 Å². The van der Waals surface area contributed by atoms with Crippen molar-refractivity contribution in [3.05, 3.63) is 29.8 Å². The summed E-state index contributed by atoms with van der Waals surface area (Å²) in [6.45, 7) is 1.88. The Labute approximate surface area is 110 Å². The third kappa shape index (κ3) is 2.51. The van der Waals surface area contributed by atoms with Crippen LogP contribution in [0.25, 0.3) is 11.0 Å². The van der Waals surface area contributed by atoms with Gasteiger partial charge in [-0.25, -0.2) is 9.37 Å². The summed E-state index contributed by atoms with van der Waals surface area (Å²) in [6, 6.07) is 1.79. The van der Waals surface area contributed by atoms with Gasteiger partial charge in [-0.3, -0.25) is 4.79 Å². The molecule has 0 spiro atoms. The summed E-state index contributed by atoms with van der Waals surface area (Å²) in [7, 11) is 0. The van der Waals surface area contributed by atoms with Crippen molar-refractivity contribution in [2.24, 2.45) is 5.92 Å². The summed E-state index contributed by atoms with van der Waals surface area (Å²) in [4.78, 5) is 18.7. The second-order valence-electron chi connectivity index (χ2n) is 5.10. The number of Topliss-reactive ketones (excluding diaryl/α,β-unsaturated/α-hetero) is 1. The van der Waals surface area contributed by atoms with E-state index in [0.29, 0.717) is 36.2 Å². The highest BCUT2D eigenvalue weighted by Crippen LogP contribution is 2.21. The first kappa shape index (κ1) is 12.3. The van der Waals surface area contributed by atoms with Crippen molar-refractivity contribution in [2.75, 3.05) is 13.1 Å². The predicted molar refractivity (Wildman–Crippen MR) is 70.4 cm³/mol. The number of pyridine rings is 1. The van der Waals surface area contributed by atoms with E-state index in [1.807, 2.05) is 0 Å². The molecule has 1 aliphatic heterocycles. The van der Waals surface area contributed by atoms with Gasteiger partial charge in [-0.05, 0) is 37.1 Å². The van der Waals surface area contributed by atoms with Gasteiger partial charge >= 0.3 is 0 Å². The highest BCUT2D eigenvalue weighted by Gasteiger charge is 2.20. The number of fused-ring (bicyclic) bond motifs is 1. The Morgan fingerprint density at radius 3 is 3.05 bits per heavy atom. The molecule has 1 aliphatic rings. The Balaban J connectivity index is 1.67. The van der Waals surface area contributed by atoms with Gasteiger partial charge in [0, 0.05) is 25.2 Å². The summed E-state index contributed by atoms with van der Waals surface area (Å²) < 4.78 is 13.6. The number of ketones is 1. The van der Waals surface area contributed by atoms with E-state index in [-0.39, 0.29) is 11.6 Å². The molecule has 100 valence electrons. The van der Waals surface area contributed by atoms with Crippen LogP contribution in [0.5, 0.6) is 0 Å². The summed E-state index contributed by atoms with van der Waals surface area (Å²) in [5, 5.41) is 3.67.